The van der Waals surface area contributed by atoms with E-state index in [9.17, 15) is 13.5 Å². The normalized spacial score (nSPS) is 24.0. The molecule has 0 spiro atoms. The van der Waals surface area contributed by atoms with Crippen molar-refractivity contribution in [1.82, 2.24) is 9.21 Å². The number of aliphatic hydroxyl groups is 1. The average molecular weight is 408 g/mol. The number of rotatable bonds is 9. The summed E-state index contributed by atoms with van der Waals surface area (Å²) in [6.45, 7) is 5.55. The summed E-state index contributed by atoms with van der Waals surface area (Å²) in [4.78, 5) is 2.21. The van der Waals surface area contributed by atoms with Gasteiger partial charge in [0.15, 0.2) is 0 Å². The summed E-state index contributed by atoms with van der Waals surface area (Å²) < 4.78 is 32.0. The Kier molecular flexibility index (Phi) is 6.94. The molecule has 28 heavy (non-hydrogen) atoms. The van der Waals surface area contributed by atoms with Crippen LogP contribution in [0.1, 0.15) is 25.3 Å². The van der Waals surface area contributed by atoms with Crippen molar-refractivity contribution in [3.8, 4) is 11.8 Å². The molecule has 8 heteroatoms. The van der Waals surface area contributed by atoms with Crippen LogP contribution in [0.15, 0.2) is 24.3 Å². The van der Waals surface area contributed by atoms with Crippen LogP contribution < -0.4 is 4.74 Å². The molecular weight excluding hydrogens is 378 g/mol. The SMILES string of the molecule is CCCCS(=O)(=O)N1CC2CN(C[C@@H](O)COc3ccc(C#N)cc3)CC2C1. The van der Waals surface area contributed by atoms with Crippen molar-refractivity contribution in [2.24, 2.45) is 11.8 Å². The number of fused-ring (bicyclic) bond motifs is 1. The third-order valence-corrected chi connectivity index (χ3v) is 7.46. The van der Waals surface area contributed by atoms with Gasteiger partial charge in [0, 0.05) is 32.7 Å². The summed E-state index contributed by atoms with van der Waals surface area (Å²) in [6, 6.07) is 8.87. The molecule has 2 aliphatic heterocycles. The van der Waals surface area contributed by atoms with Crippen molar-refractivity contribution >= 4 is 10.0 Å². The van der Waals surface area contributed by atoms with E-state index in [0.29, 0.717) is 49.2 Å². The molecule has 1 aromatic rings. The summed E-state index contributed by atoms with van der Waals surface area (Å²) >= 11 is 0. The standard InChI is InChI=1S/C20H29N3O4S/c1-2-3-8-28(25,26)23-12-17-10-22(11-18(17)13-23)14-19(24)15-27-20-6-4-16(9-21)5-7-20/h4-7,17-19,24H,2-3,8,10-15H2,1H3/t17?,18?,19-/m1/s1. The Morgan fingerprint density at radius 3 is 2.43 bits per heavy atom. The lowest BCUT2D eigenvalue weighted by atomic mass is 10.0. The lowest BCUT2D eigenvalue weighted by molar-refractivity contribution is 0.0729. The highest BCUT2D eigenvalue weighted by atomic mass is 32.2. The van der Waals surface area contributed by atoms with Gasteiger partial charge in [0.05, 0.1) is 17.4 Å². The highest BCUT2D eigenvalue weighted by Crippen LogP contribution is 2.32. The maximum atomic E-state index is 12.4. The largest absolute Gasteiger partial charge is 0.491 e. The van der Waals surface area contributed by atoms with Crippen molar-refractivity contribution in [1.29, 1.82) is 5.26 Å². The fraction of sp³-hybridized carbons (Fsp3) is 0.650. The van der Waals surface area contributed by atoms with Crippen LogP contribution in [0.4, 0.5) is 0 Å². The molecule has 0 bridgehead atoms. The predicted octanol–water partition coefficient (Wildman–Crippen LogP) is 1.29. The molecule has 1 N–H and O–H groups in total. The van der Waals surface area contributed by atoms with E-state index in [4.69, 9.17) is 10.00 Å². The molecule has 7 nitrogen and oxygen atoms in total. The van der Waals surface area contributed by atoms with Crippen molar-refractivity contribution in [2.45, 2.75) is 25.9 Å². The quantitative estimate of drug-likeness (QED) is 0.663. The number of likely N-dealkylation sites (tertiary alicyclic amines) is 1. The van der Waals surface area contributed by atoms with Crippen molar-refractivity contribution in [2.75, 3.05) is 45.1 Å². The van der Waals surface area contributed by atoms with Crippen molar-refractivity contribution in [3.63, 3.8) is 0 Å². The van der Waals surface area contributed by atoms with Crippen molar-refractivity contribution in [3.05, 3.63) is 29.8 Å². The first-order valence-corrected chi connectivity index (χ1v) is 11.5. The fourth-order valence-corrected chi connectivity index (χ4v) is 5.80. The Morgan fingerprint density at radius 1 is 1.21 bits per heavy atom. The third-order valence-electron chi connectivity index (χ3n) is 5.57. The molecule has 154 valence electrons. The number of hydrogen-bond acceptors (Lipinski definition) is 6. The lowest BCUT2D eigenvalue weighted by Crippen LogP contribution is -2.38. The second-order valence-corrected chi connectivity index (χ2v) is 9.91. The second-order valence-electron chi connectivity index (χ2n) is 7.83. The molecule has 1 aromatic carbocycles. The van der Waals surface area contributed by atoms with E-state index in [0.717, 1.165) is 19.5 Å². The van der Waals surface area contributed by atoms with Crippen LogP contribution in [-0.4, -0.2) is 73.9 Å². The number of nitrogens with zero attached hydrogens (tertiary/aromatic N) is 3. The maximum Gasteiger partial charge on any atom is 0.214 e. The van der Waals surface area contributed by atoms with Gasteiger partial charge >= 0.3 is 0 Å². The Balaban J connectivity index is 1.41. The monoisotopic (exact) mass is 407 g/mol. The van der Waals surface area contributed by atoms with Crippen LogP contribution in [0, 0.1) is 23.2 Å². The van der Waals surface area contributed by atoms with E-state index in [1.807, 2.05) is 6.92 Å². The van der Waals surface area contributed by atoms with Gasteiger partial charge in [0.2, 0.25) is 10.0 Å². The highest BCUT2D eigenvalue weighted by Gasteiger charge is 2.43. The number of nitriles is 1. The number of ether oxygens (including phenoxy) is 1. The van der Waals surface area contributed by atoms with Gasteiger partial charge in [0.25, 0.3) is 0 Å². The molecular formula is C20H29N3O4S. The van der Waals surface area contributed by atoms with E-state index < -0.39 is 16.1 Å². The molecule has 0 saturated carbocycles. The maximum absolute atomic E-state index is 12.4. The van der Waals surface area contributed by atoms with E-state index in [1.165, 1.54) is 0 Å². The topological polar surface area (TPSA) is 93.9 Å². The van der Waals surface area contributed by atoms with Crippen molar-refractivity contribution < 1.29 is 18.3 Å². The summed E-state index contributed by atoms with van der Waals surface area (Å²) in [5, 5.41) is 19.1. The third kappa shape index (κ3) is 5.23. The first kappa shape index (κ1) is 21.1. The first-order valence-electron chi connectivity index (χ1n) is 9.92. The van der Waals surface area contributed by atoms with Crippen LogP contribution in [0.2, 0.25) is 0 Å². The zero-order chi connectivity index (χ0) is 20.1. The van der Waals surface area contributed by atoms with E-state index >= 15 is 0 Å². The van der Waals surface area contributed by atoms with Crippen LogP contribution in [0.25, 0.3) is 0 Å². The second kappa shape index (κ2) is 9.23. The number of hydrogen-bond donors (Lipinski definition) is 1. The minimum absolute atomic E-state index is 0.190. The lowest BCUT2D eigenvalue weighted by Gasteiger charge is -2.23. The molecule has 3 atom stereocenters. The first-order chi connectivity index (χ1) is 13.4. The van der Waals surface area contributed by atoms with E-state index in [1.54, 1.807) is 28.6 Å². The Bertz CT molecular complexity index is 777. The number of sulfonamides is 1. The van der Waals surface area contributed by atoms with Gasteiger partial charge in [0.1, 0.15) is 18.5 Å². The predicted molar refractivity (Wildman–Crippen MR) is 106 cm³/mol. The summed E-state index contributed by atoms with van der Waals surface area (Å²) in [5.41, 5.74) is 0.572. The number of benzene rings is 1. The Hall–Kier alpha value is -1.66. The van der Waals surface area contributed by atoms with E-state index in [-0.39, 0.29) is 12.4 Å². The van der Waals surface area contributed by atoms with Gasteiger partial charge in [-0.05, 0) is 42.5 Å². The molecule has 3 rings (SSSR count). The van der Waals surface area contributed by atoms with Crippen LogP contribution >= 0.6 is 0 Å². The van der Waals surface area contributed by atoms with Gasteiger partial charge in [-0.1, -0.05) is 13.3 Å². The molecule has 0 amide bonds. The minimum atomic E-state index is -3.12. The van der Waals surface area contributed by atoms with Gasteiger partial charge in [-0.25, -0.2) is 12.7 Å². The molecule has 2 aliphatic rings. The average Bonchev–Trinajstić information content (AvgIpc) is 3.24. The van der Waals surface area contributed by atoms with Crippen LogP contribution in [0.5, 0.6) is 5.75 Å². The molecule has 0 radical (unpaired) electrons. The fourth-order valence-electron chi connectivity index (χ4n) is 4.05. The molecule has 0 aliphatic carbocycles. The van der Waals surface area contributed by atoms with Gasteiger partial charge in [-0.2, -0.15) is 5.26 Å². The number of β-amino-alcohol motifs (C(OH)–C–C–N with tert-alkyl or cyclic N) is 1. The molecule has 2 unspecified atom stereocenters. The summed E-state index contributed by atoms with van der Waals surface area (Å²) in [7, 11) is -3.12. The number of aliphatic hydroxyl groups excluding tert-OH is 1. The van der Waals surface area contributed by atoms with Crippen LogP contribution in [0.3, 0.4) is 0 Å². The summed E-state index contributed by atoms with van der Waals surface area (Å²) in [6.07, 6.45) is 0.987. The van der Waals surface area contributed by atoms with Gasteiger partial charge in [-0.15, -0.1) is 0 Å². The molecule has 2 saturated heterocycles. The van der Waals surface area contributed by atoms with E-state index in [2.05, 4.69) is 11.0 Å². The molecule has 2 fully saturated rings. The number of unbranched alkanes of at least 4 members (excludes halogenated alkanes) is 1. The smallest absolute Gasteiger partial charge is 0.214 e. The van der Waals surface area contributed by atoms with Crippen LogP contribution in [-0.2, 0) is 10.0 Å². The minimum Gasteiger partial charge on any atom is -0.491 e. The summed E-state index contributed by atoms with van der Waals surface area (Å²) in [5.74, 6) is 1.58. The molecule has 0 aromatic heterocycles. The Morgan fingerprint density at radius 2 is 1.86 bits per heavy atom. The van der Waals surface area contributed by atoms with Gasteiger partial charge < -0.3 is 9.84 Å². The zero-order valence-corrected chi connectivity index (χ0v) is 17.1. The Labute approximate surface area is 167 Å². The highest BCUT2D eigenvalue weighted by molar-refractivity contribution is 7.89. The molecule has 2 heterocycles. The van der Waals surface area contributed by atoms with Gasteiger partial charge in [-0.3, -0.25) is 4.90 Å². The zero-order valence-electron chi connectivity index (χ0n) is 16.3.